The molecule has 190 valence electrons. The highest BCUT2D eigenvalue weighted by molar-refractivity contribution is 5.68. The lowest BCUT2D eigenvalue weighted by atomic mass is 10.0. The van der Waals surface area contributed by atoms with Crippen molar-refractivity contribution in [1.29, 1.82) is 0 Å². The molecule has 3 N–H and O–H groups in total. The van der Waals surface area contributed by atoms with Crippen LogP contribution < -0.4 is 10.6 Å². The van der Waals surface area contributed by atoms with E-state index in [9.17, 15) is 9.90 Å². The number of carboxylic acid groups (broad SMARTS) is 1. The summed E-state index contributed by atoms with van der Waals surface area (Å²) in [6, 6.07) is 14.5. The fourth-order valence-corrected chi connectivity index (χ4v) is 5.45. The van der Waals surface area contributed by atoms with Crippen molar-refractivity contribution in [2.45, 2.75) is 58.0 Å². The van der Waals surface area contributed by atoms with Crippen LogP contribution in [0.2, 0.25) is 0 Å². The molecule has 4 heterocycles. The van der Waals surface area contributed by atoms with Crippen LogP contribution in [0.4, 0.5) is 5.82 Å². The Bertz CT molecular complexity index is 1220. The number of hydrogen-bond acceptors (Lipinski definition) is 6. The predicted octanol–water partition coefficient (Wildman–Crippen LogP) is 3.66. The van der Waals surface area contributed by atoms with Gasteiger partial charge in [0, 0.05) is 49.5 Å². The van der Waals surface area contributed by atoms with E-state index in [2.05, 4.69) is 38.8 Å². The van der Waals surface area contributed by atoms with Crippen LogP contribution in [0.3, 0.4) is 0 Å². The zero-order valence-corrected chi connectivity index (χ0v) is 21.2. The number of pyridine rings is 1. The molecular formula is C28H36N6O2. The van der Waals surface area contributed by atoms with E-state index >= 15 is 0 Å². The van der Waals surface area contributed by atoms with Gasteiger partial charge in [0.05, 0.1) is 17.8 Å². The summed E-state index contributed by atoms with van der Waals surface area (Å²) in [7, 11) is 0. The number of carbonyl (C=O) groups is 1. The maximum atomic E-state index is 11.7. The summed E-state index contributed by atoms with van der Waals surface area (Å²) < 4.78 is 1.91. The average molecular weight is 489 g/mol. The minimum Gasteiger partial charge on any atom is -0.481 e. The summed E-state index contributed by atoms with van der Waals surface area (Å²) in [5.74, 6) is 0.255. The van der Waals surface area contributed by atoms with Crippen LogP contribution in [0, 0.1) is 13.8 Å². The molecule has 1 unspecified atom stereocenters. The van der Waals surface area contributed by atoms with Crippen LogP contribution in [-0.4, -0.2) is 63.0 Å². The number of hydrogen-bond donors (Lipinski definition) is 3. The molecule has 0 bridgehead atoms. The summed E-state index contributed by atoms with van der Waals surface area (Å²) in [6.45, 7) is 7.89. The van der Waals surface area contributed by atoms with E-state index in [1.807, 2.05) is 42.8 Å². The van der Waals surface area contributed by atoms with E-state index in [1.165, 1.54) is 12.0 Å². The van der Waals surface area contributed by atoms with E-state index in [0.29, 0.717) is 0 Å². The van der Waals surface area contributed by atoms with Gasteiger partial charge in [0.15, 0.2) is 0 Å². The second kappa shape index (κ2) is 10.8. The fraction of sp³-hybridized carbons (Fsp3) is 0.464. The van der Waals surface area contributed by atoms with Crippen LogP contribution in [0.5, 0.6) is 0 Å². The molecule has 0 aliphatic carbocycles. The molecule has 8 heteroatoms. The normalized spacial score (nSPS) is 18.6. The zero-order chi connectivity index (χ0) is 25.1. The lowest BCUT2D eigenvalue weighted by Crippen LogP contribution is -2.36. The average Bonchev–Trinajstić information content (AvgIpc) is 3.47. The zero-order valence-electron chi connectivity index (χ0n) is 21.2. The first-order valence-electron chi connectivity index (χ1n) is 13.0. The first-order valence-corrected chi connectivity index (χ1v) is 13.0. The molecule has 1 aromatic carbocycles. The third-order valence-corrected chi connectivity index (χ3v) is 7.25. The Kier molecular flexibility index (Phi) is 7.34. The minimum atomic E-state index is -0.800. The van der Waals surface area contributed by atoms with Crippen LogP contribution in [0.15, 0.2) is 42.5 Å². The van der Waals surface area contributed by atoms with Crippen molar-refractivity contribution in [2.24, 2.45) is 0 Å². The Labute approximate surface area is 212 Å². The van der Waals surface area contributed by atoms with Gasteiger partial charge in [-0.05, 0) is 75.0 Å². The second-order valence-corrected chi connectivity index (χ2v) is 10.1. The number of aryl methyl sites for hydroxylation is 3. The van der Waals surface area contributed by atoms with Gasteiger partial charge in [0.2, 0.25) is 0 Å². The van der Waals surface area contributed by atoms with Crippen molar-refractivity contribution < 1.29 is 9.90 Å². The van der Waals surface area contributed by atoms with Crippen LogP contribution in [0.1, 0.15) is 53.5 Å². The predicted molar refractivity (Wildman–Crippen MR) is 141 cm³/mol. The van der Waals surface area contributed by atoms with E-state index < -0.39 is 5.97 Å². The van der Waals surface area contributed by atoms with Gasteiger partial charge in [-0.1, -0.05) is 18.2 Å². The van der Waals surface area contributed by atoms with Crippen molar-refractivity contribution in [3.63, 3.8) is 0 Å². The van der Waals surface area contributed by atoms with Gasteiger partial charge in [-0.15, -0.1) is 0 Å². The molecular weight excluding hydrogens is 452 g/mol. The molecule has 2 aromatic heterocycles. The van der Waals surface area contributed by atoms with E-state index in [4.69, 9.17) is 4.98 Å². The van der Waals surface area contributed by atoms with Gasteiger partial charge in [0.1, 0.15) is 5.82 Å². The maximum absolute atomic E-state index is 11.7. The van der Waals surface area contributed by atoms with Crippen molar-refractivity contribution >= 4 is 11.8 Å². The molecule has 2 atom stereocenters. The first-order chi connectivity index (χ1) is 17.4. The Hall–Kier alpha value is -3.23. The molecule has 5 rings (SSSR count). The van der Waals surface area contributed by atoms with E-state index in [-0.39, 0.29) is 18.5 Å². The lowest BCUT2D eigenvalue weighted by Gasteiger charge is -2.23. The topological polar surface area (TPSA) is 95.3 Å². The number of fused-ring (bicyclic) bond motifs is 1. The molecule has 2 aliphatic heterocycles. The molecule has 0 amide bonds. The Morgan fingerprint density at radius 2 is 2.14 bits per heavy atom. The van der Waals surface area contributed by atoms with Gasteiger partial charge < -0.3 is 20.6 Å². The van der Waals surface area contributed by atoms with Crippen molar-refractivity contribution in [2.75, 3.05) is 31.5 Å². The summed E-state index contributed by atoms with van der Waals surface area (Å²) in [6.07, 6.45) is 4.25. The van der Waals surface area contributed by atoms with E-state index in [1.54, 1.807) is 0 Å². The standard InChI is InChI=1S/C28H36N6O2/c1-19-15-20(2)34(32-19)25-7-3-5-22(16-25)26(17-27(35)36)30-24-11-14-33(18-24)13-10-23-9-8-21-6-4-12-29-28(21)31-23/h3,5,7-9,15-16,24,26,30H,4,6,10-14,17-18H2,1-2H3,(H,29,31)(H,35,36)/t24?,26-/m0/s1. The van der Waals surface area contributed by atoms with Gasteiger partial charge in [0.25, 0.3) is 0 Å². The number of nitrogens with zero attached hydrogens (tertiary/aromatic N) is 4. The van der Waals surface area contributed by atoms with Gasteiger partial charge >= 0.3 is 5.97 Å². The van der Waals surface area contributed by atoms with Crippen molar-refractivity contribution in [1.82, 2.24) is 25.0 Å². The maximum Gasteiger partial charge on any atom is 0.305 e. The molecule has 8 nitrogen and oxygen atoms in total. The number of aromatic nitrogens is 3. The SMILES string of the molecule is Cc1cc(C)n(-c2cccc([C@H](CC(=O)O)NC3CCN(CCc4ccc5c(n4)NCCC5)C3)c2)n1. The molecule has 0 saturated carbocycles. The number of carboxylic acids is 1. The number of benzene rings is 1. The van der Waals surface area contributed by atoms with Gasteiger partial charge in [-0.2, -0.15) is 5.10 Å². The lowest BCUT2D eigenvalue weighted by molar-refractivity contribution is -0.137. The van der Waals surface area contributed by atoms with Crippen LogP contribution in [0.25, 0.3) is 5.69 Å². The largest absolute Gasteiger partial charge is 0.481 e. The highest BCUT2D eigenvalue weighted by Gasteiger charge is 2.26. The molecule has 0 spiro atoms. The molecule has 2 aliphatic rings. The molecule has 1 saturated heterocycles. The van der Waals surface area contributed by atoms with Gasteiger partial charge in [-0.3, -0.25) is 4.79 Å². The Morgan fingerprint density at radius 3 is 2.94 bits per heavy atom. The molecule has 3 aromatic rings. The minimum absolute atomic E-state index is 0.0448. The summed E-state index contributed by atoms with van der Waals surface area (Å²) in [5.41, 5.74) is 6.40. The highest BCUT2D eigenvalue weighted by Crippen LogP contribution is 2.24. The summed E-state index contributed by atoms with van der Waals surface area (Å²) in [4.78, 5) is 19.0. The summed E-state index contributed by atoms with van der Waals surface area (Å²) in [5, 5.41) is 21.3. The first kappa shape index (κ1) is 24.5. The van der Waals surface area contributed by atoms with E-state index in [0.717, 1.165) is 79.6 Å². The number of anilines is 1. The third kappa shape index (κ3) is 5.77. The molecule has 0 radical (unpaired) electrons. The van der Waals surface area contributed by atoms with Crippen molar-refractivity contribution in [3.05, 3.63) is 70.7 Å². The molecule has 36 heavy (non-hydrogen) atoms. The number of likely N-dealkylation sites (tertiary alicyclic amines) is 1. The fourth-order valence-electron chi connectivity index (χ4n) is 5.45. The number of aliphatic carboxylic acids is 1. The third-order valence-electron chi connectivity index (χ3n) is 7.25. The smallest absolute Gasteiger partial charge is 0.305 e. The van der Waals surface area contributed by atoms with Crippen LogP contribution >= 0.6 is 0 Å². The second-order valence-electron chi connectivity index (χ2n) is 10.1. The van der Waals surface area contributed by atoms with Crippen LogP contribution in [-0.2, 0) is 17.6 Å². The highest BCUT2D eigenvalue weighted by atomic mass is 16.4. The molecule has 1 fully saturated rings. The number of rotatable bonds is 9. The Morgan fingerprint density at radius 1 is 1.25 bits per heavy atom. The quantitative estimate of drug-likeness (QED) is 0.423. The Balaban J connectivity index is 1.21. The summed E-state index contributed by atoms with van der Waals surface area (Å²) >= 11 is 0. The van der Waals surface area contributed by atoms with Crippen molar-refractivity contribution in [3.8, 4) is 5.69 Å². The number of nitrogens with one attached hydrogen (secondary N) is 2. The monoisotopic (exact) mass is 488 g/mol. The van der Waals surface area contributed by atoms with Gasteiger partial charge in [-0.25, -0.2) is 9.67 Å².